The zero-order valence-corrected chi connectivity index (χ0v) is 48.4. The lowest BCUT2D eigenvalue weighted by Gasteiger charge is -2.18. The minimum Gasteiger partial charge on any atom is -0.462 e. The van der Waals surface area contributed by atoms with Gasteiger partial charge in [-0.2, -0.15) is 0 Å². The Morgan fingerprint density at radius 3 is 0.863 bits per heavy atom. The first-order valence-corrected chi connectivity index (χ1v) is 31.4. The van der Waals surface area contributed by atoms with Crippen LogP contribution in [0, 0.1) is 0 Å². The fraction of sp³-hybridized carbons (Fsp3) is 0.776. The Morgan fingerprint density at radius 1 is 0.274 bits per heavy atom. The molecule has 6 heteroatoms. The molecule has 0 N–H and O–H groups in total. The van der Waals surface area contributed by atoms with Crippen LogP contribution in [0.1, 0.15) is 316 Å². The average molecular weight is 1020 g/mol. The van der Waals surface area contributed by atoms with Gasteiger partial charge in [0, 0.05) is 19.3 Å². The van der Waals surface area contributed by atoms with Crippen molar-refractivity contribution in [3.8, 4) is 0 Å². The number of carbonyl (C=O) groups excluding carboxylic acids is 3. The molecule has 0 unspecified atom stereocenters. The molecule has 0 aromatic rings. The lowest BCUT2D eigenvalue weighted by molar-refractivity contribution is -0.167. The number of hydrogen-bond acceptors (Lipinski definition) is 6. The lowest BCUT2D eigenvalue weighted by atomic mass is 10.1. The van der Waals surface area contributed by atoms with Crippen molar-refractivity contribution < 1.29 is 28.6 Å². The smallest absolute Gasteiger partial charge is 0.306 e. The van der Waals surface area contributed by atoms with E-state index in [2.05, 4.69) is 93.7 Å². The topological polar surface area (TPSA) is 78.9 Å². The minimum absolute atomic E-state index is 0.0952. The van der Waals surface area contributed by atoms with Crippen LogP contribution < -0.4 is 0 Å². The standard InChI is InChI=1S/C67H118O6/c1-4-7-10-13-16-19-22-25-28-31-33-36-39-42-45-48-51-54-57-60-66(69)72-63-64(62-71-65(68)59-56-53-50-47-44-41-38-35-30-27-24-21-18-15-12-9-6-3)73-67(70)61-58-55-52-49-46-43-40-37-34-32-29-26-23-20-17-14-11-8-5-2/h18,21,27,30-34,38,41,47,50,64H,4-17,19-20,22-26,28-29,35-37,39-40,42-46,48-49,51-63H2,1-3H3/b21-18-,30-27-,33-31-,34-32-,41-38-,50-47-/t64-/m1/s1. The molecule has 0 bridgehead atoms. The summed E-state index contributed by atoms with van der Waals surface area (Å²) in [6, 6.07) is 0. The first-order valence-electron chi connectivity index (χ1n) is 31.4. The summed E-state index contributed by atoms with van der Waals surface area (Å²) in [6.07, 6.45) is 79.0. The molecule has 0 aliphatic rings. The van der Waals surface area contributed by atoms with E-state index in [0.29, 0.717) is 19.3 Å². The summed E-state index contributed by atoms with van der Waals surface area (Å²) >= 11 is 0. The number of ether oxygens (including phenoxy) is 3. The molecule has 422 valence electrons. The summed E-state index contributed by atoms with van der Waals surface area (Å²) < 4.78 is 16.9. The van der Waals surface area contributed by atoms with Crippen molar-refractivity contribution in [1.29, 1.82) is 0 Å². The SMILES string of the molecule is CCCCC/C=C\C/C=C\C/C=C\C/C=C\CCCC(=O)OC[C@H](COC(=O)CCCCCCCCC/C=C\CCCCCCCCCC)OC(=O)CCCCCCCCC/C=C\CCCCCCCCCC. The number of allylic oxidation sites excluding steroid dienone is 12. The first kappa shape index (κ1) is 69.8. The molecule has 6 nitrogen and oxygen atoms in total. The Labute approximate surface area is 453 Å². The summed E-state index contributed by atoms with van der Waals surface area (Å²) in [5.41, 5.74) is 0. The zero-order valence-electron chi connectivity index (χ0n) is 48.4. The van der Waals surface area contributed by atoms with Crippen LogP contribution >= 0.6 is 0 Å². The van der Waals surface area contributed by atoms with Gasteiger partial charge in [0.2, 0.25) is 0 Å². The van der Waals surface area contributed by atoms with Crippen LogP contribution in [-0.4, -0.2) is 37.2 Å². The van der Waals surface area contributed by atoms with Crippen molar-refractivity contribution in [2.45, 2.75) is 322 Å². The Bertz CT molecular complexity index is 1360. The highest BCUT2D eigenvalue weighted by Crippen LogP contribution is 2.16. The van der Waals surface area contributed by atoms with Gasteiger partial charge in [-0.3, -0.25) is 14.4 Å². The molecule has 0 fully saturated rings. The maximum atomic E-state index is 12.9. The van der Waals surface area contributed by atoms with E-state index in [0.717, 1.165) is 64.2 Å². The molecular formula is C67H118O6. The van der Waals surface area contributed by atoms with E-state index in [-0.39, 0.29) is 37.5 Å². The van der Waals surface area contributed by atoms with Gasteiger partial charge in [0.25, 0.3) is 0 Å². The zero-order chi connectivity index (χ0) is 52.9. The van der Waals surface area contributed by atoms with Crippen molar-refractivity contribution >= 4 is 17.9 Å². The van der Waals surface area contributed by atoms with Gasteiger partial charge in [-0.25, -0.2) is 0 Å². The van der Waals surface area contributed by atoms with Crippen LogP contribution in [0.25, 0.3) is 0 Å². The highest BCUT2D eigenvalue weighted by Gasteiger charge is 2.19. The second-order valence-electron chi connectivity index (χ2n) is 21.0. The van der Waals surface area contributed by atoms with Crippen molar-refractivity contribution in [2.75, 3.05) is 13.2 Å². The Morgan fingerprint density at radius 2 is 0.507 bits per heavy atom. The molecule has 0 radical (unpaired) electrons. The van der Waals surface area contributed by atoms with Gasteiger partial charge in [0.05, 0.1) is 0 Å². The molecule has 73 heavy (non-hydrogen) atoms. The molecule has 0 aromatic carbocycles. The predicted octanol–water partition coefficient (Wildman–Crippen LogP) is 21.3. The van der Waals surface area contributed by atoms with Gasteiger partial charge in [-0.15, -0.1) is 0 Å². The Hall–Kier alpha value is -3.15. The largest absolute Gasteiger partial charge is 0.462 e. The van der Waals surface area contributed by atoms with E-state index >= 15 is 0 Å². The minimum atomic E-state index is -0.803. The van der Waals surface area contributed by atoms with E-state index < -0.39 is 6.10 Å². The second-order valence-corrected chi connectivity index (χ2v) is 21.0. The summed E-state index contributed by atoms with van der Waals surface area (Å²) in [4.78, 5) is 38.3. The molecule has 0 saturated carbocycles. The maximum Gasteiger partial charge on any atom is 0.306 e. The van der Waals surface area contributed by atoms with E-state index in [1.807, 2.05) is 0 Å². The number of hydrogen-bond donors (Lipinski definition) is 0. The van der Waals surface area contributed by atoms with Crippen LogP contribution in [0.2, 0.25) is 0 Å². The number of rotatable bonds is 57. The maximum absolute atomic E-state index is 12.9. The fourth-order valence-corrected chi connectivity index (χ4v) is 8.90. The normalized spacial score (nSPS) is 12.5. The first-order chi connectivity index (χ1) is 36.0. The molecule has 0 aromatic heterocycles. The third kappa shape index (κ3) is 59.6. The van der Waals surface area contributed by atoms with Gasteiger partial charge < -0.3 is 14.2 Å². The number of esters is 3. The average Bonchev–Trinajstić information content (AvgIpc) is 3.39. The van der Waals surface area contributed by atoms with E-state index in [1.54, 1.807) is 0 Å². The molecule has 0 saturated heterocycles. The van der Waals surface area contributed by atoms with Gasteiger partial charge in [0.1, 0.15) is 13.2 Å². The van der Waals surface area contributed by atoms with Crippen LogP contribution in [0.3, 0.4) is 0 Å². The summed E-state index contributed by atoms with van der Waals surface area (Å²) in [6.45, 7) is 6.59. The van der Waals surface area contributed by atoms with Gasteiger partial charge in [0.15, 0.2) is 6.10 Å². The summed E-state index contributed by atoms with van der Waals surface area (Å²) in [5.74, 6) is -0.949. The van der Waals surface area contributed by atoms with Gasteiger partial charge >= 0.3 is 17.9 Å². The van der Waals surface area contributed by atoms with Gasteiger partial charge in [-0.1, -0.05) is 261 Å². The second kappa shape index (κ2) is 61.4. The quantitative estimate of drug-likeness (QED) is 0.0261. The van der Waals surface area contributed by atoms with Crippen molar-refractivity contribution in [2.24, 2.45) is 0 Å². The number of carbonyl (C=O) groups is 3. The van der Waals surface area contributed by atoms with E-state index in [9.17, 15) is 14.4 Å². The highest BCUT2D eigenvalue weighted by molar-refractivity contribution is 5.71. The highest BCUT2D eigenvalue weighted by atomic mass is 16.6. The number of unbranched alkanes of at least 4 members (excludes halogenated alkanes) is 34. The molecule has 0 aliphatic carbocycles. The predicted molar refractivity (Wildman–Crippen MR) is 316 cm³/mol. The molecule has 0 rings (SSSR count). The monoisotopic (exact) mass is 1020 g/mol. The third-order valence-electron chi connectivity index (χ3n) is 13.7. The van der Waals surface area contributed by atoms with Crippen LogP contribution in [-0.2, 0) is 28.6 Å². The van der Waals surface area contributed by atoms with E-state index in [1.165, 1.54) is 205 Å². The fourth-order valence-electron chi connectivity index (χ4n) is 8.90. The van der Waals surface area contributed by atoms with Crippen molar-refractivity contribution in [3.05, 3.63) is 72.9 Å². The molecule has 0 aliphatic heterocycles. The van der Waals surface area contributed by atoms with Crippen LogP contribution in [0.15, 0.2) is 72.9 Å². The Kier molecular flexibility index (Phi) is 58.7. The summed E-state index contributed by atoms with van der Waals surface area (Å²) in [5, 5.41) is 0. The molecule has 0 amide bonds. The van der Waals surface area contributed by atoms with Crippen molar-refractivity contribution in [1.82, 2.24) is 0 Å². The van der Waals surface area contributed by atoms with Crippen LogP contribution in [0.4, 0.5) is 0 Å². The lowest BCUT2D eigenvalue weighted by Crippen LogP contribution is -2.30. The van der Waals surface area contributed by atoms with Gasteiger partial charge in [-0.05, 0) is 109 Å². The van der Waals surface area contributed by atoms with E-state index in [4.69, 9.17) is 14.2 Å². The molecule has 0 spiro atoms. The third-order valence-corrected chi connectivity index (χ3v) is 13.7. The van der Waals surface area contributed by atoms with Crippen LogP contribution in [0.5, 0.6) is 0 Å². The molecule has 1 atom stereocenters. The van der Waals surface area contributed by atoms with Crippen molar-refractivity contribution in [3.63, 3.8) is 0 Å². The Balaban J connectivity index is 4.45. The summed E-state index contributed by atoms with van der Waals surface area (Å²) in [7, 11) is 0. The molecular weight excluding hydrogens is 901 g/mol. The molecule has 0 heterocycles.